The zero-order valence-corrected chi connectivity index (χ0v) is 12.4. The minimum absolute atomic E-state index is 0.111. The van der Waals surface area contributed by atoms with Gasteiger partial charge in [-0.3, -0.25) is 0 Å². The number of halogens is 1. The van der Waals surface area contributed by atoms with Gasteiger partial charge >= 0.3 is 0 Å². The average Bonchev–Trinajstić information content (AvgIpc) is 2.40. The van der Waals surface area contributed by atoms with Gasteiger partial charge in [-0.1, -0.05) is 13.8 Å². The maximum Gasteiger partial charge on any atom is 0.125 e. The van der Waals surface area contributed by atoms with Gasteiger partial charge in [-0.2, -0.15) is 0 Å². The molecule has 3 rings (SSSR count). The van der Waals surface area contributed by atoms with Gasteiger partial charge in [-0.25, -0.2) is 4.39 Å². The standard InChI is InChI=1S/C17H24FNO/c1-11(2)12-4-3-7-17(9-12)10-15(19)14-8-13(18)5-6-16(14)20-17/h5-6,8,11-12,15H,3-4,7,9-10,19H2,1-2H3/t12?,15-,17?/m1/s1. The first-order valence-corrected chi connectivity index (χ1v) is 7.73. The number of ether oxygens (including phenoxy) is 1. The third kappa shape index (κ3) is 2.44. The molecular formula is C17H24FNO. The van der Waals surface area contributed by atoms with Crippen LogP contribution in [0.3, 0.4) is 0 Å². The zero-order chi connectivity index (χ0) is 14.3. The van der Waals surface area contributed by atoms with Gasteiger partial charge in [0.15, 0.2) is 0 Å². The van der Waals surface area contributed by atoms with Crippen molar-refractivity contribution in [1.29, 1.82) is 0 Å². The van der Waals surface area contributed by atoms with E-state index in [0.717, 1.165) is 30.6 Å². The maximum absolute atomic E-state index is 13.4. The molecule has 0 saturated heterocycles. The van der Waals surface area contributed by atoms with Crippen molar-refractivity contribution in [3.05, 3.63) is 29.6 Å². The lowest BCUT2D eigenvalue weighted by atomic mass is 9.70. The number of hydrogen-bond acceptors (Lipinski definition) is 2. The second kappa shape index (κ2) is 5.03. The molecule has 0 aromatic heterocycles. The van der Waals surface area contributed by atoms with Crippen LogP contribution in [-0.4, -0.2) is 5.60 Å². The molecule has 0 bridgehead atoms. The van der Waals surface area contributed by atoms with E-state index in [2.05, 4.69) is 13.8 Å². The Balaban J connectivity index is 1.88. The molecule has 0 radical (unpaired) electrons. The van der Waals surface area contributed by atoms with Crippen LogP contribution in [0, 0.1) is 17.7 Å². The summed E-state index contributed by atoms with van der Waals surface area (Å²) >= 11 is 0. The highest BCUT2D eigenvalue weighted by molar-refractivity contribution is 5.39. The van der Waals surface area contributed by atoms with Crippen LogP contribution >= 0.6 is 0 Å². The largest absolute Gasteiger partial charge is 0.487 e. The molecule has 1 heterocycles. The van der Waals surface area contributed by atoms with Crippen molar-refractivity contribution in [3.8, 4) is 5.75 Å². The third-order valence-corrected chi connectivity index (χ3v) is 5.07. The van der Waals surface area contributed by atoms with E-state index in [1.54, 1.807) is 6.07 Å². The van der Waals surface area contributed by atoms with Crippen LogP contribution in [0.1, 0.15) is 57.6 Å². The summed E-state index contributed by atoms with van der Waals surface area (Å²) < 4.78 is 19.7. The molecule has 0 amide bonds. The first-order chi connectivity index (χ1) is 9.49. The van der Waals surface area contributed by atoms with Gasteiger partial charge in [-0.15, -0.1) is 0 Å². The van der Waals surface area contributed by atoms with Crippen molar-refractivity contribution in [3.63, 3.8) is 0 Å². The Morgan fingerprint density at radius 2 is 2.15 bits per heavy atom. The zero-order valence-electron chi connectivity index (χ0n) is 12.4. The molecule has 110 valence electrons. The molecule has 1 aromatic carbocycles. The predicted molar refractivity (Wildman–Crippen MR) is 78.1 cm³/mol. The first kappa shape index (κ1) is 13.9. The van der Waals surface area contributed by atoms with E-state index in [9.17, 15) is 4.39 Å². The van der Waals surface area contributed by atoms with Gasteiger partial charge in [0.1, 0.15) is 17.2 Å². The van der Waals surface area contributed by atoms with Gasteiger partial charge < -0.3 is 10.5 Å². The molecule has 2 nitrogen and oxygen atoms in total. The van der Waals surface area contributed by atoms with Crippen LogP contribution in [0.2, 0.25) is 0 Å². The quantitative estimate of drug-likeness (QED) is 0.835. The summed E-state index contributed by atoms with van der Waals surface area (Å²) in [6.07, 6.45) is 5.45. The molecule has 1 aromatic rings. The van der Waals surface area contributed by atoms with Crippen molar-refractivity contribution in [1.82, 2.24) is 0 Å². The van der Waals surface area contributed by atoms with Crippen LogP contribution in [-0.2, 0) is 0 Å². The summed E-state index contributed by atoms with van der Waals surface area (Å²) in [5.41, 5.74) is 6.99. The molecule has 2 N–H and O–H groups in total. The van der Waals surface area contributed by atoms with Crippen LogP contribution in [0.5, 0.6) is 5.75 Å². The van der Waals surface area contributed by atoms with Crippen molar-refractivity contribution in [2.45, 2.75) is 57.6 Å². The molecule has 20 heavy (non-hydrogen) atoms. The summed E-state index contributed by atoms with van der Waals surface area (Å²) in [5.74, 6) is 1.94. The van der Waals surface area contributed by atoms with E-state index in [-0.39, 0.29) is 17.5 Å². The van der Waals surface area contributed by atoms with E-state index in [0.29, 0.717) is 11.8 Å². The Labute approximate surface area is 120 Å². The van der Waals surface area contributed by atoms with E-state index in [1.807, 2.05) is 0 Å². The fourth-order valence-corrected chi connectivity index (χ4v) is 3.90. The van der Waals surface area contributed by atoms with E-state index in [4.69, 9.17) is 10.5 Å². The lowest BCUT2D eigenvalue weighted by molar-refractivity contribution is -0.0250. The molecule has 1 aliphatic heterocycles. The highest BCUT2D eigenvalue weighted by atomic mass is 19.1. The van der Waals surface area contributed by atoms with Gasteiger partial charge in [-0.05, 0) is 55.7 Å². The van der Waals surface area contributed by atoms with Crippen molar-refractivity contribution >= 4 is 0 Å². The average molecular weight is 277 g/mol. The first-order valence-electron chi connectivity index (χ1n) is 7.73. The van der Waals surface area contributed by atoms with Gasteiger partial charge in [0.2, 0.25) is 0 Å². The summed E-state index contributed by atoms with van der Waals surface area (Å²) in [6, 6.07) is 4.62. The predicted octanol–water partition coefficient (Wildman–Crippen LogP) is 4.19. The van der Waals surface area contributed by atoms with E-state index in [1.165, 1.54) is 25.0 Å². The Kier molecular flexibility index (Phi) is 3.49. The van der Waals surface area contributed by atoms with Gasteiger partial charge in [0.25, 0.3) is 0 Å². The Hall–Kier alpha value is -1.09. The molecule has 1 spiro atoms. The third-order valence-electron chi connectivity index (χ3n) is 5.07. The maximum atomic E-state index is 13.4. The molecule has 3 atom stereocenters. The van der Waals surface area contributed by atoms with Crippen LogP contribution < -0.4 is 10.5 Å². The molecule has 1 fully saturated rings. The normalized spacial score (nSPS) is 33.0. The second-order valence-corrected chi connectivity index (χ2v) is 6.88. The number of fused-ring (bicyclic) bond motifs is 1. The van der Waals surface area contributed by atoms with Crippen LogP contribution in [0.4, 0.5) is 4.39 Å². The topological polar surface area (TPSA) is 35.2 Å². The van der Waals surface area contributed by atoms with Crippen molar-refractivity contribution < 1.29 is 9.13 Å². The number of benzene rings is 1. The molecular weight excluding hydrogens is 253 g/mol. The fourth-order valence-electron chi connectivity index (χ4n) is 3.90. The SMILES string of the molecule is CC(C)C1CCCC2(C1)C[C@@H](N)c1cc(F)ccc1O2. The Bertz CT molecular complexity index is 502. The minimum atomic E-state index is -0.234. The molecule has 2 aliphatic rings. The van der Waals surface area contributed by atoms with Crippen molar-refractivity contribution in [2.75, 3.05) is 0 Å². The highest BCUT2D eigenvalue weighted by Gasteiger charge is 2.44. The van der Waals surface area contributed by atoms with Crippen LogP contribution in [0.25, 0.3) is 0 Å². The Morgan fingerprint density at radius 1 is 1.35 bits per heavy atom. The monoisotopic (exact) mass is 277 g/mol. The summed E-state index contributed by atoms with van der Waals surface area (Å²) in [6.45, 7) is 4.57. The number of nitrogens with two attached hydrogens (primary N) is 1. The van der Waals surface area contributed by atoms with E-state index >= 15 is 0 Å². The highest BCUT2D eigenvalue weighted by Crippen LogP contribution is 2.48. The minimum Gasteiger partial charge on any atom is -0.487 e. The van der Waals surface area contributed by atoms with Gasteiger partial charge in [0.05, 0.1) is 0 Å². The summed E-state index contributed by atoms with van der Waals surface area (Å²) in [4.78, 5) is 0. The van der Waals surface area contributed by atoms with E-state index < -0.39 is 0 Å². The fraction of sp³-hybridized carbons (Fsp3) is 0.647. The Morgan fingerprint density at radius 3 is 2.90 bits per heavy atom. The summed E-state index contributed by atoms with van der Waals surface area (Å²) in [5, 5.41) is 0. The molecule has 2 unspecified atom stereocenters. The van der Waals surface area contributed by atoms with Crippen LogP contribution in [0.15, 0.2) is 18.2 Å². The summed E-state index contributed by atoms with van der Waals surface area (Å²) in [7, 11) is 0. The molecule has 1 saturated carbocycles. The molecule has 1 aliphatic carbocycles. The lowest BCUT2D eigenvalue weighted by Crippen LogP contribution is -2.47. The van der Waals surface area contributed by atoms with Gasteiger partial charge in [0, 0.05) is 18.0 Å². The lowest BCUT2D eigenvalue weighted by Gasteiger charge is -2.46. The second-order valence-electron chi connectivity index (χ2n) is 6.88. The molecule has 3 heteroatoms. The number of hydrogen-bond donors (Lipinski definition) is 1. The number of rotatable bonds is 1. The van der Waals surface area contributed by atoms with Crippen molar-refractivity contribution in [2.24, 2.45) is 17.6 Å². The smallest absolute Gasteiger partial charge is 0.125 e.